The molecule has 0 aromatic rings. The minimum absolute atomic E-state index is 0.793. The summed E-state index contributed by atoms with van der Waals surface area (Å²) in [6.45, 7) is 13.7. The van der Waals surface area contributed by atoms with Gasteiger partial charge in [0.1, 0.15) is 0 Å². The Kier molecular flexibility index (Phi) is 12.2. The van der Waals surface area contributed by atoms with Crippen LogP contribution in [0.1, 0.15) is 105 Å². The summed E-state index contributed by atoms with van der Waals surface area (Å²) in [5.74, 6) is 1.59. The van der Waals surface area contributed by atoms with Gasteiger partial charge in [-0.15, -0.1) is 0 Å². The maximum atomic E-state index is 9.32. The lowest BCUT2D eigenvalue weighted by molar-refractivity contribution is 0.215. The predicted octanol–water partition coefficient (Wildman–Crippen LogP) is 7.63. The maximum absolute atomic E-state index is 9.32. The van der Waals surface area contributed by atoms with Crippen molar-refractivity contribution in [3.05, 3.63) is 22.9 Å². The molecule has 154 valence electrons. The van der Waals surface area contributed by atoms with Crippen LogP contribution in [-0.4, -0.2) is 18.0 Å². The average molecular weight is 373 g/mol. The standard InChI is InChI=1S/C25H44N2/c1-6-10-13-22(8-3)19-27(20-23(9-4)14-11-7-2)25-16-12-15-24(17-25)21(5)18-26/h17,22-23H,6-16,19-20H2,1-5H3/b24-21-. The molecule has 1 rings (SSSR count). The number of hydrogen-bond donors (Lipinski definition) is 0. The number of unbranched alkanes of at least 4 members (excludes halogenated alkanes) is 2. The van der Waals surface area contributed by atoms with Crippen LogP contribution in [0.5, 0.6) is 0 Å². The lowest BCUT2D eigenvalue weighted by Crippen LogP contribution is -2.34. The third-order valence-corrected chi connectivity index (χ3v) is 6.32. The minimum Gasteiger partial charge on any atom is -0.374 e. The van der Waals surface area contributed by atoms with Crippen LogP contribution in [-0.2, 0) is 0 Å². The van der Waals surface area contributed by atoms with Crippen molar-refractivity contribution >= 4 is 0 Å². The number of nitriles is 1. The van der Waals surface area contributed by atoms with E-state index in [1.165, 1.54) is 88.6 Å². The summed E-state index contributed by atoms with van der Waals surface area (Å²) in [7, 11) is 0. The molecule has 0 aromatic heterocycles. The van der Waals surface area contributed by atoms with Gasteiger partial charge in [-0.3, -0.25) is 0 Å². The van der Waals surface area contributed by atoms with Crippen molar-refractivity contribution in [2.24, 2.45) is 11.8 Å². The molecule has 2 unspecified atom stereocenters. The zero-order chi connectivity index (χ0) is 20.1. The molecule has 1 aliphatic rings. The summed E-state index contributed by atoms with van der Waals surface area (Å²) in [6.07, 6.45) is 16.3. The molecule has 2 heteroatoms. The van der Waals surface area contributed by atoms with E-state index in [9.17, 15) is 5.26 Å². The van der Waals surface area contributed by atoms with E-state index in [1.807, 2.05) is 6.92 Å². The largest absolute Gasteiger partial charge is 0.374 e. The monoisotopic (exact) mass is 372 g/mol. The highest BCUT2D eigenvalue weighted by Gasteiger charge is 2.21. The summed E-state index contributed by atoms with van der Waals surface area (Å²) < 4.78 is 0. The Morgan fingerprint density at radius 3 is 2.00 bits per heavy atom. The van der Waals surface area contributed by atoms with Crippen molar-refractivity contribution in [1.29, 1.82) is 5.26 Å². The van der Waals surface area contributed by atoms with Crippen LogP contribution in [0.2, 0.25) is 0 Å². The fraction of sp³-hybridized carbons (Fsp3) is 0.800. The predicted molar refractivity (Wildman–Crippen MR) is 118 cm³/mol. The molecule has 1 aliphatic carbocycles. The zero-order valence-electron chi connectivity index (χ0n) is 18.8. The molecule has 0 heterocycles. The van der Waals surface area contributed by atoms with Gasteiger partial charge in [-0.2, -0.15) is 5.26 Å². The molecule has 0 aliphatic heterocycles. The van der Waals surface area contributed by atoms with Gasteiger partial charge in [0, 0.05) is 24.4 Å². The van der Waals surface area contributed by atoms with Crippen molar-refractivity contribution < 1.29 is 0 Å². The minimum atomic E-state index is 0.793. The van der Waals surface area contributed by atoms with E-state index in [0.717, 1.165) is 23.8 Å². The first-order valence-electron chi connectivity index (χ1n) is 11.6. The lowest BCUT2D eigenvalue weighted by atomic mass is 9.91. The first kappa shape index (κ1) is 23.8. The molecule has 0 bridgehead atoms. The van der Waals surface area contributed by atoms with Gasteiger partial charge >= 0.3 is 0 Å². The van der Waals surface area contributed by atoms with E-state index in [4.69, 9.17) is 0 Å². The molecule has 0 fully saturated rings. The van der Waals surface area contributed by atoms with Crippen LogP contribution in [0.25, 0.3) is 0 Å². The molecule has 2 nitrogen and oxygen atoms in total. The molecule has 0 N–H and O–H groups in total. The van der Waals surface area contributed by atoms with Crippen LogP contribution in [0.4, 0.5) is 0 Å². The molecule has 0 saturated carbocycles. The molecule has 0 radical (unpaired) electrons. The van der Waals surface area contributed by atoms with Crippen LogP contribution in [0, 0.1) is 23.2 Å². The van der Waals surface area contributed by atoms with Crippen LogP contribution < -0.4 is 0 Å². The number of hydrogen-bond acceptors (Lipinski definition) is 2. The van der Waals surface area contributed by atoms with Gasteiger partial charge in [-0.25, -0.2) is 0 Å². The van der Waals surface area contributed by atoms with Crippen molar-refractivity contribution in [2.75, 3.05) is 13.1 Å². The molecule has 0 saturated heterocycles. The summed E-state index contributed by atoms with van der Waals surface area (Å²) in [4.78, 5) is 2.72. The van der Waals surface area contributed by atoms with E-state index < -0.39 is 0 Å². The first-order valence-corrected chi connectivity index (χ1v) is 11.6. The first-order chi connectivity index (χ1) is 13.1. The van der Waals surface area contributed by atoms with Gasteiger partial charge in [0.15, 0.2) is 0 Å². The van der Waals surface area contributed by atoms with E-state index in [2.05, 4.69) is 44.7 Å². The molecular formula is C25H44N2. The van der Waals surface area contributed by atoms with E-state index in [0.29, 0.717) is 0 Å². The van der Waals surface area contributed by atoms with E-state index >= 15 is 0 Å². The highest BCUT2D eigenvalue weighted by Crippen LogP contribution is 2.30. The summed E-state index contributed by atoms with van der Waals surface area (Å²) in [5.41, 5.74) is 3.67. The topological polar surface area (TPSA) is 27.0 Å². The molecular weight excluding hydrogens is 328 g/mol. The Labute approximate surface area is 169 Å². The number of rotatable bonds is 13. The van der Waals surface area contributed by atoms with Gasteiger partial charge in [0.2, 0.25) is 0 Å². The van der Waals surface area contributed by atoms with Gasteiger partial charge in [0.05, 0.1) is 6.07 Å². The molecule has 0 spiro atoms. The quantitative estimate of drug-likeness (QED) is 0.311. The van der Waals surface area contributed by atoms with Crippen molar-refractivity contribution in [1.82, 2.24) is 4.90 Å². The smallest absolute Gasteiger partial charge is 0.0947 e. The van der Waals surface area contributed by atoms with Crippen molar-refractivity contribution in [2.45, 2.75) is 105 Å². The second kappa shape index (κ2) is 13.9. The molecule has 27 heavy (non-hydrogen) atoms. The van der Waals surface area contributed by atoms with Crippen molar-refractivity contribution in [3.8, 4) is 6.07 Å². The molecule has 0 amide bonds. The van der Waals surface area contributed by atoms with Crippen LogP contribution >= 0.6 is 0 Å². The molecule has 2 atom stereocenters. The third kappa shape index (κ3) is 8.54. The molecule has 0 aromatic carbocycles. The Balaban J connectivity index is 3.01. The van der Waals surface area contributed by atoms with Crippen molar-refractivity contribution in [3.63, 3.8) is 0 Å². The van der Waals surface area contributed by atoms with Crippen LogP contribution in [0.3, 0.4) is 0 Å². The number of nitrogens with zero attached hydrogens (tertiary/aromatic N) is 2. The van der Waals surface area contributed by atoms with E-state index in [-0.39, 0.29) is 0 Å². The second-order valence-electron chi connectivity index (χ2n) is 8.49. The highest BCUT2D eigenvalue weighted by atomic mass is 15.1. The Bertz CT molecular complexity index is 491. The maximum Gasteiger partial charge on any atom is 0.0947 e. The van der Waals surface area contributed by atoms with Gasteiger partial charge in [0.25, 0.3) is 0 Å². The van der Waals surface area contributed by atoms with Crippen LogP contribution in [0.15, 0.2) is 22.9 Å². The Morgan fingerprint density at radius 1 is 1.00 bits per heavy atom. The Hall–Kier alpha value is -1.23. The van der Waals surface area contributed by atoms with Gasteiger partial charge in [-0.05, 0) is 62.5 Å². The second-order valence-corrected chi connectivity index (χ2v) is 8.49. The normalized spacial score (nSPS) is 18.4. The average Bonchev–Trinajstić information content (AvgIpc) is 2.72. The summed E-state index contributed by atoms with van der Waals surface area (Å²) in [6, 6.07) is 2.37. The van der Waals surface area contributed by atoms with Gasteiger partial charge < -0.3 is 4.90 Å². The lowest BCUT2D eigenvalue weighted by Gasteiger charge is -2.36. The highest BCUT2D eigenvalue weighted by molar-refractivity contribution is 5.37. The SMILES string of the molecule is CCCCC(CC)CN(CC(CC)CCCC)C1=C/C(=C(/C)C#N)CCC1. The van der Waals surface area contributed by atoms with E-state index in [1.54, 1.807) is 0 Å². The number of allylic oxidation sites excluding steroid dienone is 4. The third-order valence-electron chi connectivity index (χ3n) is 6.32. The summed E-state index contributed by atoms with van der Waals surface area (Å²) >= 11 is 0. The zero-order valence-corrected chi connectivity index (χ0v) is 18.8. The fourth-order valence-corrected chi connectivity index (χ4v) is 4.19. The summed E-state index contributed by atoms with van der Waals surface area (Å²) in [5, 5.41) is 9.32. The van der Waals surface area contributed by atoms with Gasteiger partial charge in [-0.1, -0.05) is 66.2 Å². The Morgan fingerprint density at radius 2 is 1.56 bits per heavy atom. The fourth-order valence-electron chi connectivity index (χ4n) is 4.19.